The van der Waals surface area contributed by atoms with E-state index in [2.05, 4.69) is 46.9 Å². The van der Waals surface area contributed by atoms with Crippen molar-refractivity contribution in [3.63, 3.8) is 0 Å². The van der Waals surface area contributed by atoms with Crippen LogP contribution in [0, 0.1) is 6.92 Å². The number of hydrogen-bond acceptors (Lipinski definition) is 7. The molecule has 0 spiro atoms. The first-order valence-electron chi connectivity index (χ1n) is 13.4. The summed E-state index contributed by atoms with van der Waals surface area (Å²) in [6, 6.07) is 32.4. The molecule has 6 rings (SSSR count). The summed E-state index contributed by atoms with van der Waals surface area (Å²) in [6.07, 6.45) is 1.54. The van der Waals surface area contributed by atoms with Crippen LogP contribution in [0.1, 0.15) is 31.0 Å². The van der Waals surface area contributed by atoms with Gasteiger partial charge in [0, 0.05) is 10.5 Å². The second kappa shape index (κ2) is 11.0. The zero-order valence-corrected chi connectivity index (χ0v) is 23.2. The molecule has 5 aromatic rings. The number of pyridine rings is 1. The van der Waals surface area contributed by atoms with Gasteiger partial charge < -0.3 is 14.6 Å². The topological polar surface area (TPSA) is 77.2 Å². The van der Waals surface area contributed by atoms with Gasteiger partial charge in [-0.05, 0) is 73.7 Å². The van der Waals surface area contributed by atoms with Crippen LogP contribution in [0.4, 0.5) is 11.5 Å². The second-order valence-electron chi connectivity index (χ2n) is 9.80. The van der Waals surface area contributed by atoms with Crippen LogP contribution >= 0.6 is 11.8 Å². The van der Waals surface area contributed by atoms with Crippen molar-refractivity contribution in [2.45, 2.75) is 42.0 Å². The summed E-state index contributed by atoms with van der Waals surface area (Å²) >= 11 is 1.60. The van der Waals surface area contributed by atoms with Gasteiger partial charge in [0.25, 0.3) is 0 Å². The van der Waals surface area contributed by atoms with Crippen LogP contribution in [-0.2, 0) is 14.9 Å². The van der Waals surface area contributed by atoms with Crippen LogP contribution in [0.5, 0.6) is 0 Å². The Bertz CT molecular complexity index is 1650. The third kappa shape index (κ3) is 5.12. The summed E-state index contributed by atoms with van der Waals surface area (Å²) in [5.74, 6) is 1.12. The Kier molecular flexibility index (Phi) is 7.13. The zero-order valence-electron chi connectivity index (χ0n) is 22.4. The van der Waals surface area contributed by atoms with Gasteiger partial charge in [0.15, 0.2) is 5.76 Å². The Balaban J connectivity index is 1.40. The van der Waals surface area contributed by atoms with E-state index in [1.807, 2.05) is 74.5 Å². The van der Waals surface area contributed by atoms with Crippen LogP contribution in [0.25, 0.3) is 22.5 Å². The van der Waals surface area contributed by atoms with Gasteiger partial charge in [0.1, 0.15) is 22.2 Å². The number of benzene rings is 3. The number of aryl methyl sites for hydroxylation is 1. The maximum absolute atomic E-state index is 12.9. The number of nitrogens with zero attached hydrogens (tertiary/aromatic N) is 2. The summed E-state index contributed by atoms with van der Waals surface area (Å²) in [7, 11) is 0. The van der Waals surface area contributed by atoms with Crippen molar-refractivity contribution in [3.05, 3.63) is 108 Å². The lowest BCUT2D eigenvalue weighted by molar-refractivity contribution is -0.146. The lowest BCUT2D eigenvalue weighted by Gasteiger charge is -2.17. The zero-order chi connectivity index (χ0) is 27.5. The Labute approximate surface area is 237 Å². The Hall–Kier alpha value is -4.36. The molecule has 2 heterocycles. The van der Waals surface area contributed by atoms with E-state index >= 15 is 0 Å². The maximum atomic E-state index is 12.9. The summed E-state index contributed by atoms with van der Waals surface area (Å²) in [4.78, 5) is 18.9. The first kappa shape index (κ1) is 25.9. The largest absolute Gasteiger partial charge is 0.465 e. The highest BCUT2D eigenvalue weighted by Crippen LogP contribution is 2.51. The predicted molar refractivity (Wildman–Crippen MR) is 158 cm³/mol. The molecule has 1 N–H and O–H groups in total. The molecule has 0 aliphatic heterocycles. The maximum Gasteiger partial charge on any atom is 0.316 e. The van der Waals surface area contributed by atoms with E-state index in [1.165, 1.54) is 0 Å². The van der Waals surface area contributed by atoms with E-state index in [0.29, 0.717) is 23.9 Å². The van der Waals surface area contributed by atoms with Gasteiger partial charge in [-0.25, -0.2) is 4.98 Å². The number of hydrogen-bond donors (Lipinski definition) is 1. The monoisotopic (exact) mass is 547 g/mol. The predicted octanol–water partition coefficient (Wildman–Crippen LogP) is 8.20. The number of anilines is 2. The minimum atomic E-state index is -0.604. The van der Waals surface area contributed by atoms with Crippen LogP contribution < -0.4 is 5.32 Å². The number of aromatic nitrogens is 2. The number of carbonyl (C=O) groups excluding carboxylic acids is 1. The fourth-order valence-corrected chi connectivity index (χ4v) is 5.71. The van der Waals surface area contributed by atoms with Crippen LogP contribution in [0.3, 0.4) is 0 Å². The second-order valence-corrected chi connectivity index (χ2v) is 10.9. The van der Waals surface area contributed by atoms with Crippen molar-refractivity contribution in [2.75, 3.05) is 11.9 Å². The van der Waals surface area contributed by atoms with Crippen LogP contribution in [-0.4, -0.2) is 22.7 Å². The van der Waals surface area contributed by atoms with E-state index in [1.54, 1.807) is 11.8 Å². The van der Waals surface area contributed by atoms with E-state index in [4.69, 9.17) is 14.2 Å². The molecule has 0 radical (unpaired) electrons. The van der Waals surface area contributed by atoms with Gasteiger partial charge in [-0.3, -0.25) is 4.79 Å². The van der Waals surface area contributed by atoms with E-state index in [-0.39, 0.29) is 5.97 Å². The molecule has 200 valence electrons. The molecule has 0 bridgehead atoms. The summed E-state index contributed by atoms with van der Waals surface area (Å²) in [5.41, 5.74) is 4.68. The Morgan fingerprint density at radius 1 is 0.950 bits per heavy atom. The van der Waals surface area contributed by atoms with Gasteiger partial charge >= 0.3 is 5.97 Å². The number of nitrogens with one attached hydrogen (secondary N) is 1. The third-order valence-electron chi connectivity index (χ3n) is 7.12. The standard InChI is InChI=1S/C33H29N3O3S/c1-3-38-32(37)33(19-20-33)24-17-18-26(23-11-6-4-7-12-23)27(21-24)31-30(22(2)36-39-31)35-28-15-10-16-29(34-28)40-25-13-8-5-9-14-25/h4-18,21H,3,19-20H2,1-2H3,(H,34,35). The molecule has 0 unspecified atom stereocenters. The van der Waals surface area contributed by atoms with Gasteiger partial charge in [-0.1, -0.05) is 83.6 Å². The quantitative estimate of drug-likeness (QED) is 0.186. The molecule has 0 atom stereocenters. The third-order valence-corrected chi connectivity index (χ3v) is 8.07. The normalized spacial score (nSPS) is 13.6. The average molecular weight is 548 g/mol. The molecule has 1 aliphatic rings. The van der Waals surface area contributed by atoms with Crippen LogP contribution in [0.2, 0.25) is 0 Å². The minimum absolute atomic E-state index is 0.169. The molecule has 1 aliphatic carbocycles. The SMILES string of the molecule is CCOC(=O)C1(c2ccc(-c3ccccc3)c(-c3onc(C)c3Nc3cccc(Sc4ccccc4)n3)c2)CC1. The van der Waals surface area contributed by atoms with E-state index in [0.717, 1.165) is 50.7 Å². The van der Waals surface area contributed by atoms with Crippen molar-refractivity contribution in [3.8, 4) is 22.5 Å². The van der Waals surface area contributed by atoms with Crippen molar-refractivity contribution in [2.24, 2.45) is 0 Å². The molecule has 1 fully saturated rings. The van der Waals surface area contributed by atoms with Crippen molar-refractivity contribution < 1.29 is 14.1 Å². The lowest BCUT2D eigenvalue weighted by atomic mass is 9.89. The molecule has 2 aromatic heterocycles. The summed E-state index contributed by atoms with van der Waals surface area (Å²) in [5, 5.41) is 8.67. The molecule has 3 aromatic carbocycles. The molecule has 7 heteroatoms. The van der Waals surface area contributed by atoms with E-state index in [9.17, 15) is 4.79 Å². The summed E-state index contributed by atoms with van der Waals surface area (Å²) in [6.45, 7) is 4.11. The fourth-order valence-electron chi connectivity index (χ4n) is 4.88. The Morgan fingerprint density at radius 2 is 1.70 bits per heavy atom. The fraction of sp³-hybridized carbons (Fsp3) is 0.182. The molecule has 1 saturated carbocycles. The highest BCUT2D eigenvalue weighted by molar-refractivity contribution is 7.99. The van der Waals surface area contributed by atoms with Gasteiger partial charge in [0.05, 0.1) is 12.0 Å². The number of esters is 1. The molecule has 0 saturated heterocycles. The van der Waals surface area contributed by atoms with Crippen molar-refractivity contribution in [1.82, 2.24) is 10.1 Å². The minimum Gasteiger partial charge on any atom is -0.465 e. The van der Waals surface area contributed by atoms with Gasteiger partial charge in [0.2, 0.25) is 0 Å². The molecule has 6 nitrogen and oxygen atoms in total. The smallest absolute Gasteiger partial charge is 0.316 e. The number of carbonyl (C=O) groups is 1. The van der Waals surface area contributed by atoms with Crippen molar-refractivity contribution in [1.29, 1.82) is 0 Å². The van der Waals surface area contributed by atoms with E-state index < -0.39 is 5.41 Å². The molecular formula is C33H29N3O3S. The first-order chi connectivity index (χ1) is 19.6. The highest BCUT2D eigenvalue weighted by Gasteiger charge is 2.53. The van der Waals surface area contributed by atoms with Crippen LogP contribution in [0.15, 0.2) is 112 Å². The first-order valence-corrected chi connectivity index (χ1v) is 14.2. The van der Waals surface area contributed by atoms with Gasteiger partial charge in [-0.15, -0.1) is 0 Å². The van der Waals surface area contributed by atoms with Crippen molar-refractivity contribution >= 4 is 29.2 Å². The number of rotatable bonds is 9. The highest BCUT2D eigenvalue weighted by atomic mass is 32.2. The molecule has 40 heavy (non-hydrogen) atoms. The number of ether oxygens (including phenoxy) is 1. The molecule has 0 amide bonds. The lowest BCUT2D eigenvalue weighted by Crippen LogP contribution is -2.23. The molecular weight excluding hydrogens is 518 g/mol. The van der Waals surface area contributed by atoms with Gasteiger partial charge in [-0.2, -0.15) is 0 Å². The average Bonchev–Trinajstić information content (AvgIpc) is 3.73. The summed E-state index contributed by atoms with van der Waals surface area (Å²) < 4.78 is 11.4. The Morgan fingerprint density at radius 3 is 2.42 bits per heavy atom.